The minimum atomic E-state index is -1.71. The molecule has 0 aromatic heterocycles. The number of rotatable bonds is 6. The van der Waals surface area contributed by atoms with Gasteiger partial charge < -0.3 is 20.1 Å². The average molecular weight is 265 g/mol. The van der Waals surface area contributed by atoms with Crippen LogP contribution in [0.3, 0.4) is 0 Å². The van der Waals surface area contributed by atoms with Crippen molar-refractivity contribution >= 4 is 19.0 Å². The number of amides is 1. The summed E-state index contributed by atoms with van der Waals surface area (Å²) in [6.07, 6.45) is -1.16. The van der Waals surface area contributed by atoms with Gasteiger partial charge in [-0.1, -0.05) is 30.3 Å². The van der Waals surface area contributed by atoms with Crippen LogP contribution in [0.4, 0.5) is 4.79 Å². The number of hydrogen-bond acceptors (Lipinski definition) is 5. The van der Waals surface area contributed by atoms with E-state index in [1.165, 1.54) is 6.92 Å². The van der Waals surface area contributed by atoms with Gasteiger partial charge >= 0.3 is 13.2 Å². The molecule has 0 heterocycles. The molecule has 1 aromatic carbocycles. The van der Waals surface area contributed by atoms with E-state index in [4.69, 9.17) is 14.8 Å². The smallest absolute Gasteiger partial charge is 0.445 e. The zero-order valence-corrected chi connectivity index (χ0v) is 10.6. The third kappa shape index (κ3) is 6.03. The fourth-order valence-electron chi connectivity index (χ4n) is 1.38. The largest absolute Gasteiger partial charge is 0.459 e. The first-order valence-electron chi connectivity index (χ1n) is 5.85. The Bertz CT molecular complexity index is 423. The summed E-state index contributed by atoms with van der Waals surface area (Å²) in [5.74, 6) is -0.480. The van der Waals surface area contributed by atoms with Crippen molar-refractivity contribution in [2.24, 2.45) is 0 Å². The topological polar surface area (TPSA) is 95.9 Å². The highest BCUT2D eigenvalue weighted by atomic mass is 16.5. The summed E-state index contributed by atoms with van der Waals surface area (Å²) in [4.78, 5) is 22.8. The highest BCUT2D eigenvalue weighted by molar-refractivity contribution is 6.46. The van der Waals surface area contributed by atoms with Crippen LogP contribution in [0.5, 0.6) is 0 Å². The number of carbonyl (C=O) groups is 2. The third-order valence-electron chi connectivity index (χ3n) is 2.41. The van der Waals surface area contributed by atoms with Gasteiger partial charge in [0.2, 0.25) is 0 Å². The van der Waals surface area contributed by atoms with Crippen molar-refractivity contribution < 1.29 is 24.4 Å². The molecule has 0 aliphatic heterocycles. The summed E-state index contributed by atoms with van der Waals surface area (Å²) in [6.45, 7) is 1.56. The van der Waals surface area contributed by atoms with Crippen molar-refractivity contribution in [1.82, 2.24) is 5.32 Å². The molecule has 0 fully saturated rings. The second-order valence-corrected chi connectivity index (χ2v) is 4.08. The number of benzene rings is 1. The first kappa shape index (κ1) is 15.2. The Morgan fingerprint density at radius 1 is 1.32 bits per heavy atom. The number of hydrogen-bond donors (Lipinski definition) is 3. The van der Waals surface area contributed by atoms with Crippen LogP contribution in [0.2, 0.25) is 6.32 Å². The van der Waals surface area contributed by atoms with Crippen LogP contribution >= 0.6 is 0 Å². The van der Waals surface area contributed by atoms with E-state index < -0.39 is 31.4 Å². The Balaban J connectivity index is 2.33. The Morgan fingerprint density at radius 2 is 1.95 bits per heavy atom. The van der Waals surface area contributed by atoms with E-state index in [-0.39, 0.29) is 6.61 Å². The highest BCUT2D eigenvalue weighted by Crippen LogP contribution is 2.01. The lowest BCUT2D eigenvalue weighted by Gasteiger charge is -2.12. The van der Waals surface area contributed by atoms with Crippen molar-refractivity contribution in [2.45, 2.75) is 25.9 Å². The average Bonchev–Trinajstić information content (AvgIpc) is 2.36. The van der Waals surface area contributed by atoms with Gasteiger partial charge in [0.15, 0.2) is 5.78 Å². The molecule has 1 atom stereocenters. The Hall–Kier alpha value is -1.86. The van der Waals surface area contributed by atoms with Crippen molar-refractivity contribution in [2.75, 3.05) is 0 Å². The molecule has 6 nitrogen and oxygen atoms in total. The standard InChI is InChI=1S/C12H16BNO5/c1-9(11(15)7-13(17)18)14-12(16)19-8-10-5-3-2-4-6-10/h2-6,9,17-18H,7-8H2,1H3,(H,14,16)/t9-/m0/s1. The normalized spacial score (nSPS) is 11.5. The van der Waals surface area contributed by atoms with E-state index in [0.717, 1.165) is 5.56 Å². The SMILES string of the molecule is C[C@H](NC(=O)OCc1ccccc1)C(=O)CB(O)O. The van der Waals surface area contributed by atoms with Gasteiger partial charge in [-0.05, 0) is 12.5 Å². The minimum absolute atomic E-state index is 0.107. The van der Waals surface area contributed by atoms with Gasteiger partial charge in [0, 0.05) is 6.32 Å². The van der Waals surface area contributed by atoms with Crippen LogP contribution in [-0.2, 0) is 16.1 Å². The van der Waals surface area contributed by atoms with E-state index in [0.29, 0.717) is 0 Å². The molecule has 0 unspecified atom stereocenters. The third-order valence-corrected chi connectivity index (χ3v) is 2.41. The molecule has 1 aromatic rings. The molecule has 0 aliphatic carbocycles. The Morgan fingerprint density at radius 3 is 2.53 bits per heavy atom. The maximum Gasteiger partial charge on any atom is 0.459 e. The maximum atomic E-state index is 11.4. The van der Waals surface area contributed by atoms with E-state index in [1.807, 2.05) is 30.3 Å². The molecular formula is C12H16BNO5. The fraction of sp³-hybridized carbons (Fsp3) is 0.333. The molecule has 19 heavy (non-hydrogen) atoms. The van der Waals surface area contributed by atoms with Gasteiger partial charge in [0.1, 0.15) is 6.61 Å². The van der Waals surface area contributed by atoms with Gasteiger partial charge in [-0.3, -0.25) is 4.79 Å². The predicted octanol–water partition coefficient (Wildman–Crippen LogP) is 0.343. The van der Waals surface area contributed by atoms with Crippen molar-refractivity contribution in [3.63, 3.8) is 0 Å². The summed E-state index contributed by atoms with van der Waals surface area (Å²) in [7, 11) is -1.71. The number of nitrogens with one attached hydrogen (secondary N) is 1. The lowest BCUT2D eigenvalue weighted by Crippen LogP contribution is -2.40. The molecule has 1 rings (SSSR count). The van der Waals surface area contributed by atoms with Crippen LogP contribution < -0.4 is 5.32 Å². The lowest BCUT2D eigenvalue weighted by molar-refractivity contribution is -0.118. The molecule has 0 saturated heterocycles. The van der Waals surface area contributed by atoms with Gasteiger partial charge in [0.25, 0.3) is 0 Å². The van der Waals surface area contributed by atoms with E-state index >= 15 is 0 Å². The van der Waals surface area contributed by atoms with E-state index in [2.05, 4.69) is 5.32 Å². The second kappa shape index (κ2) is 7.55. The number of ketones is 1. The predicted molar refractivity (Wildman–Crippen MR) is 69.2 cm³/mol. The van der Waals surface area contributed by atoms with Crippen LogP contribution in [0.15, 0.2) is 30.3 Å². The van der Waals surface area contributed by atoms with Gasteiger partial charge in [-0.25, -0.2) is 4.79 Å². The van der Waals surface area contributed by atoms with Gasteiger partial charge in [-0.15, -0.1) is 0 Å². The number of ether oxygens (including phenoxy) is 1. The first-order valence-corrected chi connectivity index (χ1v) is 5.85. The zero-order valence-electron chi connectivity index (χ0n) is 10.6. The summed E-state index contributed by atoms with van der Waals surface area (Å²) in [5, 5.41) is 19.6. The van der Waals surface area contributed by atoms with Crippen LogP contribution in [0.25, 0.3) is 0 Å². The van der Waals surface area contributed by atoms with E-state index in [1.54, 1.807) is 0 Å². The van der Waals surface area contributed by atoms with Crippen LogP contribution in [0.1, 0.15) is 12.5 Å². The molecule has 7 heteroatoms. The zero-order chi connectivity index (χ0) is 14.3. The van der Waals surface area contributed by atoms with E-state index in [9.17, 15) is 9.59 Å². The van der Waals surface area contributed by atoms with Crippen molar-refractivity contribution in [3.05, 3.63) is 35.9 Å². The fourth-order valence-corrected chi connectivity index (χ4v) is 1.38. The number of carbonyl (C=O) groups excluding carboxylic acids is 2. The summed E-state index contributed by atoms with van der Waals surface area (Å²) in [5.41, 5.74) is 0.836. The van der Waals surface area contributed by atoms with Gasteiger partial charge in [-0.2, -0.15) is 0 Å². The maximum absolute atomic E-state index is 11.4. The van der Waals surface area contributed by atoms with Gasteiger partial charge in [0.05, 0.1) is 6.04 Å². The van der Waals surface area contributed by atoms with Crippen LogP contribution in [-0.4, -0.2) is 35.1 Å². The molecule has 102 valence electrons. The van der Waals surface area contributed by atoms with Crippen molar-refractivity contribution in [1.29, 1.82) is 0 Å². The molecular weight excluding hydrogens is 249 g/mol. The molecule has 0 saturated carbocycles. The lowest BCUT2D eigenvalue weighted by atomic mass is 9.82. The number of alkyl carbamates (subject to hydrolysis) is 1. The Kier molecular flexibility index (Phi) is 6.04. The molecule has 0 bridgehead atoms. The molecule has 1 amide bonds. The molecule has 0 aliphatic rings. The second-order valence-electron chi connectivity index (χ2n) is 4.08. The monoisotopic (exact) mass is 265 g/mol. The Labute approximate surface area is 111 Å². The molecule has 0 radical (unpaired) electrons. The molecule has 3 N–H and O–H groups in total. The summed E-state index contributed by atoms with van der Waals surface area (Å²) >= 11 is 0. The summed E-state index contributed by atoms with van der Waals surface area (Å²) in [6, 6.07) is 8.29. The summed E-state index contributed by atoms with van der Waals surface area (Å²) < 4.78 is 4.93. The number of Topliss-reactive ketones (excluding diaryl/α,β-unsaturated/α-hetero) is 1. The molecule has 0 spiro atoms. The first-order chi connectivity index (χ1) is 8.99. The van der Waals surface area contributed by atoms with Crippen LogP contribution in [0, 0.1) is 0 Å². The highest BCUT2D eigenvalue weighted by Gasteiger charge is 2.21. The minimum Gasteiger partial charge on any atom is -0.445 e. The van der Waals surface area contributed by atoms with Crippen molar-refractivity contribution in [3.8, 4) is 0 Å². The quantitative estimate of drug-likeness (QED) is 0.645.